The highest BCUT2D eigenvalue weighted by molar-refractivity contribution is 5.85. The van der Waals surface area contributed by atoms with E-state index in [9.17, 15) is 4.79 Å². The van der Waals surface area contributed by atoms with Crippen LogP contribution in [0.3, 0.4) is 0 Å². The number of rotatable bonds is 7. The number of carbonyl (C=O) groups excluding carboxylic acids is 1. The molecule has 1 aliphatic heterocycles. The third-order valence-corrected chi connectivity index (χ3v) is 4.01. The summed E-state index contributed by atoms with van der Waals surface area (Å²) in [6.45, 7) is 8.78. The third-order valence-electron chi connectivity index (χ3n) is 4.01. The van der Waals surface area contributed by atoms with E-state index in [2.05, 4.69) is 10.2 Å². The van der Waals surface area contributed by atoms with Crippen molar-refractivity contribution in [3.05, 3.63) is 35.2 Å². The van der Waals surface area contributed by atoms with Gasteiger partial charge < -0.3 is 14.8 Å². The normalized spacial score (nSPS) is 16.2. The van der Waals surface area contributed by atoms with E-state index in [0.717, 1.165) is 24.8 Å². The van der Waals surface area contributed by atoms with Crippen LogP contribution in [0.2, 0.25) is 0 Å². The molecular weight excluding hydrogens is 330 g/mol. The van der Waals surface area contributed by atoms with Crippen LogP contribution in [0.25, 0.3) is 4.85 Å². The van der Waals surface area contributed by atoms with Crippen LogP contribution in [0.15, 0.2) is 18.2 Å². The Bertz CT molecular complexity index is 589. The highest BCUT2D eigenvalue weighted by atomic mass is 35.5. The fourth-order valence-electron chi connectivity index (χ4n) is 2.74. The van der Waals surface area contributed by atoms with Gasteiger partial charge in [0.2, 0.25) is 5.91 Å². The van der Waals surface area contributed by atoms with Crippen LogP contribution in [0.5, 0.6) is 11.5 Å². The molecule has 0 aliphatic carbocycles. The molecule has 1 amide bonds. The molecule has 1 aromatic carbocycles. The molecule has 1 aliphatic rings. The number of amides is 1. The lowest BCUT2D eigenvalue weighted by atomic mass is 10.1. The zero-order valence-corrected chi connectivity index (χ0v) is 14.9. The average molecular weight is 354 g/mol. The van der Waals surface area contributed by atoms with E-state index in [1.807, 2.05) is 18.2 Å². The van der Waals surface area contributed by atoms with E-state index in [1.165, 1.54) is 0 Å². The van der Waals surface area contributed by atoms with Crippen LogP contribution in [0.4, 0.5) is 0 Å². The standard InChI is InChI=1S/C17H23N3O3.ClH/c1-18-16-5-4-10-20(16)17(21)12-19-9-8-13-6-7-14(22-2)15(11-13)23-3;/h6-7,11,16,19H,4-5,8-10,12H2,2-3H3;1H/t16-;/m0./s1. The second-order valence-electron chi connectivity index (χ2n) is 5.46. The molecule has 6 nitrogen and oxygen atoms in total. The topological polar surface area (TPSA) is 55.2 Å². The number of carbonyl (C=O) groups is 1. The summed E-state index contributed by atoms with van der Waals surface area (Å²) in [7, 11) is 3.22. The summed E-state index contributed by atoms with van der Waals surface area (Å²) in [5.41, 5.74) is 1.11. The molecule has 2 rings (SSSR count). The molecule has 0 radical (unpaired) electrons. The zero-order valence-electron chi connectivity index (χ0n) is 14.1. The van der Waals surface area contributed by atoms with E-state index < -0.39 is 0 Å². The van der Waals surface area contributed by atoms with Crippen LogP contribution < -0.4 is 14.8 Å². The van der Waals surface area contributed by atoms with Crippen molar-refractivity contribution in [2.75, 3.05) is 33.9 Å². The van der Waals surface area contributed by atoms with Crippen LogP contribution in [0, 0.1) is 6.57 Å². The van der Waals surface area contributed by atoms with Crippen molar-refractivity contribution < 1.29 is 14.3 Å². The van der Waals surface area contributed by atoms with Crippen LogP contribution in [-0.4, -0.2) is 50.8 Å². The molecule has 132 valence electrons. The Morgan fingerprint density at radius 3 is 2.79 bits per heavy atom. The highest BCUT2D eigenvalue weighted by Crippen LogP contribution is 2.27. The molecule has 0 aromatic heterocycles. The molecule has 1 fully saturated rings. The molecule has 0 saturated carbocycles. The number of halogens is 1. The van der Waals surface area contributed by atoms with Crippen molar-refractivity contribution in [2.45, 2.75) is 25.4 Å². The number of likely N-dealkylation sites (tertiary alicyclic amines) is 1. The zero-order chi connectivity index (χ0) is 16.7. The minimum atomic E-state index is -0.268. The molecule has 0 unspecified atom stereocenters. The Morgan fingerprint density at radius 2 is 2.12 bits per heavy atom. The minimum absolute atomic E-state index is 0. The smallest absolute Gasteiger partial charge is 0.300 e. The summed E-state index contributed by atoms with van der Waals surface area (Å²) in [6.07, 6.45) is 2.24. The first-order valence-corrected chi connectivity index (χ1v) is 7.77. The van der Waals surface area contributed by atoms with Gasteiger partial charge in [-0.25, -0.2) is 6.57 Å². The molecule has 0 spiro atoms. The lowest BCUT2D eigenvalue weighted by Crippen LogP contribution is -2.40. The van der Waals surface area contributed by atoms with Crippen molar-refractivity contribution in [3.8, 4) is 11.5 Å². The van der Waals surface area contributed by atoms with Gasteiger partial charge in [0.05, 0.1) is 20.8 Å². The fourth-order valence-corrected chi connectivity index (χ4v) is 2.74. The van der Waals surface area contributed by atoms with Gasteiger partial charge in [-0.3, -0.25) is 14.5 Å². The van der Waals surface area contributed by atoms with Gasteiger partial charge in [0.25, 0.3) is 0 Å². The van der Waals surface area contributed by atoms with E-state index in [0.29, 0.717) is 24.6 Å². The Balaban J connectivity index is 0.00000288. The van der Waals surface area contributed by atoms with E-state index in [1.54, 1.807) is 19.1 Å². The Hall–Kier alpha value is -1.97. The monoisotopic (exact) mass is 353 g/mol. The Kier molecular flexibility index (Phi) is 8.37. The van der Waals surface area contributed by atoms with Crippen molar-refractivity contribution in [1.82, 2.24) is 10.2 Å². The quantitative estimate of drug-likeness (QED) is 0.602. The summed E-state index contributed by atoms with van der Waals surface area (Å²) in [5, 5.41) is 3.16. The fraction of sp³-hybridized carbons (Fsp3) is 0.529. The number of ether oxygens (including phenoxy) is 2. The molecule has 24 heavy (non-hydrogen) atoms. The van der Waals surface area contributed by atoms with E-state index >= 15 is 0 Å². The molecule has 1 N–H and O–H groups in total. The van der Waals surface area contributed by atoms with Gasteiger partial charge >= 0.3 is 6.17 Å². The molecule has 1 saturated heterocycles. The van der Waals surface area contributed by atoms with Crippen LogP contribution in [0.1, 0.15) is 18.4 Å². The minimum Gasteiger partial charge on any atom is -0.493 e. The number of nitrogens with one attached hydrogen (secondary N) is 1. The molecule has 1 heterocycles. The third kappa shape index (κ3) is 5.02. The second kappa shape index (κ2) is 10.0. The summed E-state index contributed by atoms with van der Waals surface area (Å²) >= 11 is 0. The summed E-state index contributed by atoms with van der Waals surface area (Å²) in [4.78, 5) is 17.3. The summed E-state index contributed by atoms with van der Waals surface area (Å²) in [6, 6.07) is 5.81. The number of nitrogens with zero attached hydrogens (tertiary/aromatic N) is 2. The Morgan fingerprint density at radius 1 is 1.38 bits per heavy atom. The first kappa shape index (κ1) is 20.1. The number of hydrogen-bond acceptors (Lipinski definition) is 4. The lowest BCUT2D eigenvalue weighted by Gasteiger charge is -2.16. The average Bonchev–Trinajstić information content (AvgIpc) is 3.07. The number of hydrogen-bond donors (Lipinski definition) is 1. The van der Waals surface area contributed by atoms with Crippen molar-refractivity contribution in [2.24, 2.45) is 0 Å². The van der Waals surface area contributed by atoms with Gasteiger partial charge in [-0.2, -0.15) is 0 Å². The maximum absolute atomic E-state index is 12.1. The van der Waals surface area contributed by atoms with Gasteiger partial charge in [0, 0.05) is 13.0 Å². The summed E-state index contributed by atoms with van der Waals surface area (Å²) in [5.74, 6) is 1.42. The van der Waals surface area contributed by atoms with Gasteiger partial charge in [-0.1, -0.05) is 6.07 Å². The van der Waals surface area contributed by atoms with Gasteiger partial charge in [0.15, 0.2) is 11.5 Å². The molecular formula is C17H24ClN3O3. The first-order chi connectivity index (χ1) is 11.2. The Labute approximate surface area is 149 Å². The van der Waals surface area contributed by atoms with Gasteiger partial charge in [-0.15, -0.1) is 12.4 Å². The molecule has 7 heteroatoms. The molecule has 1 aromatic rings. The first-order valence-electron chi connectivity index (χ1n) is 7.77. The van der Waals surface area contributed by atoms with Crippen molar-refractivity contribution in [3.63, 3.8) is 0 Å². The molecule has 0 bridgehead atoms. The number of methoxy groups -OCH3 is 2. The number of benzene rings is 1. The highest BCUT2D eigenvalue weighted by Gasteiger charge is 2.32. The lowest BCUT2D eigenvalue weighted by molar-refractivity contribution is -0.130. The van der Waals surface area contributed by atoms with E-state index in [-0.39, 0.29) is 31.0 Å². The molecule has 1 atom stereocenters. The second-order valence-corrected chi connectivity index (χ2v) is 5.46. The predicted molar refractivity (Wildman–Crippen MR) is 94.7 cm³/mol. The van der Waals surface area contributed by atoms with Crippen LogP contribution >= 0.6 is 12.4 Å². The van der Waals surface area contributed by atoms with Crippen LogP contribution in [-0.2, 0) is 11.2 Å². The summed E-state index contributed by atoms with van der Waals surface area (Å²) < 4.78 is 10.5. The van der Waals surface area contributed by atoms with Crippen molar-refractivity contribution >= 4 is 18.3 Å². The van der Waals surface area contributed by atoms with Gasteiger partial charge in [-0.05, 0) is 37.1 Å². The van der Waals surface area contributed by atoms with Crippen molar-refractivity contribution in [1.29, 1.82) is 0 Å². The SMILES string of the molecule is Cl.[C-]#[N+][C@@H]1CCCN1C(=O)CNCCc1ccc(OC)c(OC)c1. The largest absolute Gasteiger partial charge is 0.493 e. The van der Waals surface area contributed by atoms with Gasteiger partial charge in [0.1, 0.15) is 0 Å². The maximum Gasteiger partial charge on any atom is 0.300 e. The maximum atomic E-state index is 12.1. The van der Waals surface area contributed by atoms with E-state index in [4.69, 9.17) is 16.0 Å². The predicted octanol–water partition coefficient (Wildman–Crippen LogP) is 2.13.